The average Bonchev–Trinajstić information content (AvgIpc) is 3.37. The van der Waals surface area contributed by atoms with Crippen LogP contribution in [-0.2, 0) is 11.3 Å². The first-order valence-electron chi connectivity index (χ1n) is 11.6. The van der Waals surface area contributed by atoms with Crippen molar-refractivity contribution in [3.63, 3.8) is 0 Å². The maximum absolute atomic E-state index is 13.3. The standard InChI is InChI=1S/C25H33N5O3/c1-5-25(23(31)30(15-17(2)3)24(32)27-25)20-10-12-29(13-11-20)16-19-14-26-28-22(19)18-6-8-21(33-4)9-7-18/h6-9,14,20H,2,5,10-13,15-16H2,1,3-4H3,(H,26,28)(H,27,32). The first-order valence-corrected chi connectivity index (χ1v) is 11.6. The number of ether oxygens (including phenoxy) is 1. The molecular weight excluding hydrogens is 418 g/mol. The van der Waals surface area contributed by atoms with E-state index in [1.807, 2.05) is 44.3 Å². The summed E-state index contributed by atoms with van der Waals surface area (Å²) >= 11 is 0. The number of rotatable bonds is 8. The molecule has 0 bridgehead atoms. The van der Waals surface area contributed by atoms with E-state index in [4.69, 9.17) is 4.74 Å². The molecule has 2 aliphatic rings. The summed E-state index contributed by atoms with van der Waals surface area (Å²) < 4.78 is 5.26. The average molecular weight is 452 g/mol. The molecule has 2 N–H and O–H groups in total. The molecule has 1 unspecified atom stereocenters. The second-order valence-corrected chi connectivity index (χ2v) is 9.15. The molecule has 33 heavy (non-hydrogen) atoms. The molecule has 2 aromatic rings. The SMILES string of the molecule is C=C(C)CN1C(=O)NC(CC)(C2CCN(Cc3cn[nH]c3-c3ccc(OC)cc3)CC2)C1=O. The van der Waals surface area contributed by atoms with Crippen LogP contribution in [0.1, 0.15) is 38.7 Å². The minimum Gasteiger partial charge on any atom is -0.497 e. The summed E-state index contributed by atoms with van der Waals surface area (Å²) in [5.41, 5.74) is 3.22. The molecule has 8 nitrogen and oxygen atoms in total. The molecular formula is C25H33N5O3. The van der Waals surface area contributed by atoms with Gasteiger partial charge in [-0.3, -0.25) is 19.7 Å². The van der Waals surface area contributed by atoms with E-state index >= 15 is 0 Å². The lowest BCUT2D eigenvalue weighted by atomic mass is 9.75. The largest absolute Gasteiger partial charge is 0.497 e. The molecule has 1 aromatic carbocycles. The van der Waals surface area contributed by atoms with Crippen LogP contribution in [-0.4, -0.2) is 64.2 Å². The number of likely N-dealkylation sites (tertiary alicyclic amines) is 1. The number of H-pyrrole nitrogens is 1. The molecule has 0 spiro atoms. The predicted octanol–water partition coefficient (Wildman–Crippen LogP) is 3.57. The van der Waals surface area contributed by atoms with E-state index in [1.165, 1.54) is 4.90 Å². The van der Waals surface area contributed by atoms with Gasteiger partial charge in [0.25, 0.3) is 5.91 Å². The van der Waals surface area contributed by atoms with Gasteiger partial charge in [0.2, 0.25) is 0 Å². The molecule has 2 fully saturated rings. The Kier molecular flexibility index (Phi) is 6.56. The van der Waals surface area contributed by atoms with E-state index in [2.05, 4.69) is 27.0 Å². The van der Waals surface area contributed by atoms with Crippen molar-refractivity contribution in [2.75, 3.05) is 26.7 Å². The number of aromatic nitrogens is 2. The molecule has 0 saturated carbocycles. The van der Waals surface area contributed by atoms with Gasteiger partial charge in [0.05, 0.1) is 25.5 Å². The van der Waals surface area contributed by atoms with Crippen LogP contribution in [0.5, 0.6) is 5.75 Å². The number of methoxy groups -OCH3 is 1. The highest BCUT2D eigenvalue weighted by Crippen LogP contribution is 2.37. The number of urea groups is 1. The zero-order chi connectivity index (χ0) is 23.6. The van der Waals surface area contributed by atoms with Crippen LogP contribution in [0.15, 0.2) is 42.6 Å². The van der Waals surface area contributed by atoms with Crippen molar-refractivity contribution in [1.82, 2.24) is 25.3 Å². The summed E-state index contributed by atoms with van der Waals surface area (Å²) in [6.45, 7) is 10.5. The van der Waals surface area contributed by atoms with Crippen LogP contribution in [0.3, 0.4) is 0 Å². The van der Waals surface area contributed by atoms with E-state index in [0.717, 1.165) is 60.6 Å². The first kappa shape index (κ1) is 23.0. The zero-order valence-corrected chi connectivity index (χ0v) is 19.7. The third-order valence-electron chi connectivity index (χ3n) is 6.96. The summed E-state index contributed by atoms with van der Waals surface area (Å²) in [6.07, 6.45) is 4.20. The predicted molar refractivity (Wildman–Crippen MR) is 127 cm³/mol. The van der Waals surface area contributed by atoms with Gasteiger partial charge in [-0.25, -0.2) is 4.79 Å². The Labute approximate surface area is 195 Å². The Morgan fingerprint density at radius 3 is 2.55 bits per heavy atom. The molecule has 0 aliphatic carbocycles. The fraction of sp³-hybridized carbons (Fsp3) is 0.480. The molecule has 3 amide bonds. The Hall–Kier alpha value is -3.13. The summed E-state index contributed by atoms with van der Waals surface area (Å²) in [7, 11) is 1.66. The van der Waals surface area contributed by atoms with Crippen molar-refractivity contribution < 1.29 is 14.3 Å². The lowest BCUT2D eigenvalue weighted by molar-refractivity contribution is -0.134. The molecule has 0 radical (unpaired) electrons. The van der Waals surface area contributed by atoms with Crippen LogP contribution in [0.25, 0.3) is 11.3 Å². The highest BCUT2D eigenvalue weighted by molar-refractivity contribution is 6.07. The van der Waals surface area contributed by atoms with Gasteiger partial charge in [-0.2, -0.15) is 5.10 Å². The number of nitrogens with zero attached hydrogens (tertiary/aromatic N) is 3. The number of carbonyl (C=O) groups is 2. The van der Waals surface area contributed by atoms with Crippen molar-refractivity contribution in [3.05, 3.63) is 48.2 Å². The molecule has 176 valence electrons. The minimum absolute atomic E-state index is 0.104. The van der Waals surface area contributed by atoms with Gasteiger partial charge in [0.15, 0.2) is 0 Å². The number of benzene rings is 1. The van der Waals surface area contributed by atoms with Crippen LogP contribution in [0.2, 0.25) is 0 Å². The Bertz CT molecular complexity index is 1020. The van der Waals surface area contributed by atoms with Gasteiger partial charge in [0, 0.05) is 17.7 Å². The topological polar surface area (TPSA) is 90.6 Å². The minimum atomic E-state index is -0.803. The van der Waals surface area contributed by atoms with E-state index in [-0.39, 0.29) is 24.4 Å². The number of carbonyl (C=O) groups excluding carboxylic acids is 2. The van der Waals surface area contributed by atoms with Crippen LogP contribution >= 0.6 is 0 Å². The number of aromatic amines is 1. The van der Waals surface area contributed by atoms with Crippen molar-refractivity contribution >= 4 is 11.9 Å². The number of nitrogens with one attached hydrogen (secondary N) is 2. The number of piperidine rings is 1. The Balaban J connectivity index is 1.41. The number of hydrogen-bond acceptors (Lipinski definition) is 5. The molecule has 8 heteroatoms. The van der Waals surface area contributed by atoms with E-state index in [0.29, 0.717) is 6.42 Å². The van der Waals surface area contributed by atoms with E-state index in [1.54, 1.807) is 7.11 Å². The maximum atomic E-state index is 13.3. The van der Waals surface area contributed by atoms with Crippen molar-refractivity contribution in [3.8, 4) is 17.0 Å². The number of imide groups is 1. The van der Waals surface area contributed by atoms with E-state index in [9.17, 15) is 9.59 Å². The molecule has 2 saturated heterocycles. The summed E-state index contributed by atoms with van der Waals surface area (Å²) in [5, 5.41) is 10.4. The number of hydrogen-bond donors (Lipinski definition) is 2. The summed E-state index contributed by atoms with van der Waals surface area (Å²) in [5.74, 6) is 0.839. The third kappa shape index (κ3) is 4.39. The van der Waals surface area contributed by atoms with Crippen LogP contribution in [0, 0.1) is 5.92 Å². The monoisotopic (exact) mass is 451 g/mol. The Morgan fingerprint density at radius 2 is 1.94 bits per heavy atom. The highest BCUT2D eigenvalue weighted by atomic mass is 16.5. The zero-order valence-electron chi connectivity index (χ0n) is 19.7. The van der Waals surface area contributed by atoms with Crippen molar-refractivity contribution in [2.24, 2.45) is 5.92 Å². The molecule has 1 aromatic heterocycles. The quantitative estimate of drug-likeness (QED) is 0.473. The number of amides is 3. The van der Waals surface area contributed by atoms with Crippen molar-refractivity contribution in [1.29, 1.82) is 0 Å². The van der Waals surface area contributed by atoms with Gasteiger partial charge in [-0.15, -0.1) is 0 Å². The fourth-order valence-corrected chi connectivity index (χ4v) is 5.13. The van der Waals surface area contributed by atoms with Gasteiger partial charge < -0.3 is 10.1 Å². The highest BCUT2D eigenvalue weighted by Gasteiger charge is 2.54. The molecule has 2 aliphatic heterocycles. The van der Waals surface area contributed by atoms with Gasteiger partial charge in [-0.05, 0) is 69.5 Å². The summed E-state index contributed by atoms with van der Waals surface area (Å²) in [4.78, 5) is 29.5. The smallest absolute Gasteiger partial charge is 0.325 e. The van der Waals surface area contributed by atoms with Gasteiger partial charge in [0.1, 0.15) is 11.3 Å². The van der Waals surface area contributed by atoms with Gasteiger partial charge in [-0.1, -0.05) is 19.1 Å². The summed E-state index contributed by atoms with van der Waals surface area (Å²) in [6, 6.07) is 7.64. The second-order valence-electron chi connectivity index (χ2n) is 9.15. The maximum Gasteiger partial charge on any atom is 0.325 e. The molecule has 3 heterocycles. The lowest BCUT2D eigenvalue weighted by Gasteiger charge is -2.40. The third-order valence-corrected chi connectivity index (χ3v) is 6.96. The normalized spacial score (nSPS) is 22.0. The van der Waals surface area contributed by atoms with Gasteiger partial charge >= 0.3 is 6.03 Å². The lowest BCUT2D eigenvalue weighted by Crippen LogP contribution is -2.55. The van der Waals surface area contributed by atoms with Crippen molar-refractivity contribution in [2.45, 2.75) is 45.2 Å². The first-order chi connectivity index (χ1) is 15.9. The second kappa shape index (κ2) is 9.39. The van der Waals surface area contributed by atoms with Crippen LogP contribution in [0.4, 0.5) is 4.79 Å². The van der Waals surface area contributed by atoms with Crippen LogP contribution < -0.4 is 10.1 Å². The molecule has 1 atom stereocenters. The molecule has 4 rings (SSSR count). The fourth-order valence-electron chi connectivity index (χ4n) is 5.13. The van der Waals surface area contributed by atoms with E-state index < -0.39 is 5.54 Å². The Morgan fingerprint density at radius 1 is 1.24 bits per heavy atom.